The van der Waals surface area contributed by atoms with Crippen molar-refractivity contribution in [2.75, 3.05) is 18.0 Å². The third kappa shape index (κ3) is 4.26. The minimum absolute atomic E-state index is 0.114. The maximum Gasteiger partial charge on any atom is 0.129 e. The number of anilines is 1. The number of pyridine rings is 1. The molecule has 1 aromatic heterocycles. The monoisotopic (exact) mass is 438 g/mol. The molecule has 0 spiro atoms. The molecule has 1 fully saturated rings. The molecule has 2 unspecified atom stereocenters. The van der Waals surface area contributed by atoms with Gasteiger partial charge in [-0.3, -0.25) is 0 Å². The number of nitrogens with zero attached hydrogens (tertiary/aromatic N) is 2. The van der Waals surface area contributed by atoms with E-state index < -0.39 is 6.10 Å². The zero-order valence-electron chi connectivity index (χ0n) is 14.0. The Labute approximate surface area is 157 Å². The Morgan fingerprint density at radius 2 is 1.96 bits per heavy atom. The number of aliphatic hydroxyl groups excluding tert-OH is 1. The Morgan fingerprint density at radius 3 is 2.67 bits per heavy atom. The van der Waals surface area contributed by atoms with Gasteiger partial charge in [-0.2, -0.15) is 0 Å². The molecule has 1 aliphatic rings. The summed E-state index contributed by atoms with van der Waals surface area (Å²) in [5.74, 6) is 0.912. The molecule has 1 N–H and O–H groups in total. The molecular formula is C19H23IN2O2. The fourth-order valence-electron chi connectivity index (χ4n) is 2.99. The summed E-state index contributed by atoms with van der Waals surface area (Å²) in [6.07, 6.45) is 0.313. The van der Waals surface area contributed by atoms with E-state index in [1.807, 2.05) is 26.0 Å². The number of β-amino-alcohol motifs (C(OH)–C–C–N with tert-alkyl or cyclic N) is 1. The fraction of sp³-hybridized carbons (Fsp3) is 0.421. The van der Waals surface area contributed by atoms with Crippen LogP contribution in [0.15, 0.2) is 42.5 Å². The fourth-order valence-corrected chi connectivity index (χ4v) is 3.48. The number of aliphatic hydroxyl groups is 1. The second-order valence-electron chi connectivity index (χ2n) is 6.46. The lowest BCUT2D eigenvalue weighted by Gasteiger charge is -2.19. The van der Waals surface area contributed by atoms with E-state index in [0.717, 1.165) is 21.5 Å². The first-order valence-electron chi connectivity index (χ1n) is 8.30. The van der Waals surface area contributed by atoms with Crippen molar-refractivity contribution in [2.24, 2.45) is 0 Å². The zero-order valence-corrected chi connectivity index (χ0v) is 16.2. The molecule has 3 rings (SSSR count). The number of aromatic nitrogens is 1. The van der Waals surface area contributed by atoms with Crippen molar-refractivity contribution in [2.45, 2.75) is 38.6 Å². The maximum atomic E-state index is 10.2. The van der Waals surface area contributed by atoms with Gasteiger partial charge in [0.2, 0.25) is 0 Å². The molecule has 0 amide bonds. The summed E-state index contributed by atoms with van der Waals surface area (Å²) in [7, 11) is 0. The van der Waals surface area contributed by atoms with E-state index in [0.29, 0.717) is 13.1 Å². The van der Waals surface area contributed by atoms with Crippen molar-refractivity contribution >= 4 is 28.4 Å². The number of ether oxygens (including phenoxy) is 1. The molecule has 1 aliphatic heterocycles. The zero-order chi connectivity index (χ0) is 17.1. The van der Waals surface area contributed by atoms with E-state index in [9.17, 15) is 5.11 Å². The van der Waals surface area contributed by atoms with E-state index in [2.05, 4.69) is 57.8 Å². The molecule has 2 atom stereocenters. The summed E-state index contributed by atoms with van der Waals surface area (Å²) >= 11 is 2.34. The predicted octanol–water partition coefficient (Wildman–Crippen LogP) is 3.25. The summed E-state index contributed by atoms with van der Waals surface area (Å²) in [5.41, 5.74) is 2.32. The third-order valence-electron chi connectivity index (χ3n) is 4.13. The Morgan fingerprint density at radius 1 is 1.21 bits per heavy atom. The Hall–Kier alpha value is -1.18. The minimum Gasteiger partial charge on any atom is -0.388 e. The van der Waals surface area contributed by atoms with Crippen LogP contribution in [0.4, 0.5) is 5.82 Å². The van der Waals surface area contributed by atoms with Crippen LogP contribution in [0.1, 0.15) is 25.1 Å². The van der Waals surface area contributed by atoms with Gasteiger partial charge in [0, 0.05) is 23.1 Å². The van der Waals surface area contributed by atoms with Gasteiger partial charge in [-0.15, -0.1) is 0 Å². The van der Waals surface area contributed by atoms with Crippen molar-refractivity contribution in [3.8, 4) is 0 Å². The van der Waals surface area contributed by atoms with E-state index >= 15 is 0 Å². The van der Waals surface area contributed by atoms with Crippen molar-refractivity contribution in [3.63, 3.8) is 0 Å². The van der Waals surface area contributed by atoms with Crippen LogP contribution in [-0.4, -0.2) is 41.5 Å². The van der Waals surface area contributed by atoms with Gasteiger partial charge < -0.3 is 14.7 Å². The van der Waals surface area contributed by atoms with Gasteiger partial charge >= 0.3 is 0 Å². The van der Waals surface area contributed by atoms with Gasteiger partial charge in [-0.25, -0.2) is 4.98 Å². The molecule has 0 radical (unpaired) electrons. The molecule has 0 saturated carbocycles. The average molecular weight is 438 g/mol. The third-order valence-corrected chi connectivity index (χ3v) is 5.11. The molecule has 24 heavy (non-hydrogen) atoms. The molecule has 0 bridgehead atoms. The number of hydrogen-bond donors (Lipinski definition) is 1. The lowest BCUT2D eigenvalue weighted by Crippen LogP contribution is -2.29. The summed E-state index contributed by atoms with van der Waals surface area (Å²) < 4.78 is 6.97. The van der Waals surface area contributed by atoms with Crippen molar-refractivity contribution in [1.82, 2.24) is 4.98 Å². The minimum atomic E-state index is -0.467. The molecule has 0 aliphatic carbocycles. The standard InChI is InChI=1S/C19H23IN2O2/c1-13(2)24-18-12-22(11-17(18)23)19-9-8-15(20)16(21-19)10-14-6-4-3-5-7-14/h3-9,13,17-18,23H,10-12H2,1-2H3. The van der Waals surface area contributed by atoms with E-state index in [-0.39, 0.29) is 12.2 Å². The van der Waals surface area contributed by atoms with Crippen LogP contribution < -0.4 is 4.90 Å². The molecule has 2 aromatic rings. The number of halogens is 1. The molecule has 1 aromatic carbocycles. The van der Waals surface area contributed by atoms with E-state index in [1.54, 1.807) is 0 Å². The van der Waals surface area contributed by atoms with Crippen LogP contribution in [0.25, 0.3) is 0 Å². The average Bonchev–Trinajstić information content (AvgIpc) is 2.91. The second kappa shape index (κ2) is 7.80. The molecule has 5 heteroatoms. The van der Waals surface area contributed by atoms with Crippen LogP contribution in [0.2, 0.25) is 0 Å². The van der Waals surface area contributed by atoms with Gasteiger partial charge in [-0.05, 0) is 54.1 Å². The van der Waals surface area contributed by atoms with Crippen LogP contribution in [0.5, 0.6) is 0 Å². The highest BCUT2D eigenvalue weighted by atomic mass is 127. The molecule has 4 nitrogen and oxygen atoms in total. The van der Waals surface area contributed by atoms with Gasteiger partial charge in [0.05, 0.1) is 17.9 Å². The summed E-state index contributed by atoms with van der Waals surface area (Å²) in [4.78, 5) is 6.96. The quantitative estimate of drug-likeness (QED) is 0.729. The second-order valence-corrected chi connectivity index (χ2v) is 7.62. The Kier molecular flexibility index (Phi) is 5.73. The largest absolute Gasteiger partial charge is 0.388 e. The Bertz CT molecular complexity index is 678. The van der Waals surface area contributed by atoms with Crippen molar-refractivity contribution in [3.05, 3.63) is 57.3 Å². The van der Waals surface area contributed by atoms with E-state index in [4.69, 9.17) is 9.72 Å². The summed E-state index contributed by atoms with van der Waals surface area (Å²) in [6.45, 7) is 5.24. The van der Waals surface area contributed by atoms with Crippen molar-refractivity contribution < 1.29 is 9.84 Å². The lowest BCUT2D eigenvalue weighted by atomic mass is 10.1. The SMILES string of the molecule is CC(C)OC1CN(c2ccc(I)c(Cc3ccccc3)n2)CC1O. The number of hydrogen-bond acceptors (Lipinski definition) is 4. The van der Waals surface area contributed by atoms with Gasteiger partial charge in [-0.1, -0.05) is 30.3 Å². The van der Waals surface area contributed by atoms with E-state index in [1.165, 1.54) is 5.56 Å². The normalized spacial score (nSPS) is 20.8. The van der Waals surface area contributed by atoms with Crippen LogP contribution in [0, 0.1) is 3.57 Å². The smallest absolute Gasteiger partial charge is 0.129 e. The lowest BCUT2D eigenvalue weighted by molar-refractivity contribution is -0.0386. The summed E-state index contributed by atoms with van der Waals surface area (Å²) in [5, 5.41) is 10.2. The van der Waals surface area contributed by atoms with Gasteiger partial charge in [0.25, 0.3) is 0 Å². The Balaban J connectivity index is 1.76. The first-order valence-corrected chi connectivity index (χ1v) is 9.38. The number of rotatable bonds is 5. The number of benzene rings is 1. The van der Waals surface area contributed by atoms with Crippen molar-refractivity contribution in [1.29, 1.82) is 0 Å². The van der Waals surface area contributed by atoms with Crippen LogP contribution in [-0.2, 0) is 11.2 Å². The molecule has 1 saturated heterocycles. The van der Waals surface area contributed by atoms with Crippen LogP contribution in [0.3, 0.4) is 0 Å². The van der Waals surface area contributed by atoms with Gasteiger partial charge in [0.1, 0.15) is 11.9 Å². The first kappa shape index (κ1) is 17.6. The highest BCUT2D eigenvalue weighted by molar-refractivity contribution is 14.1. The topological polar surface area (TPSA) is 45.6 Å². The molecule has 2 heterocycles. The first-order chi connectivity index (χ1) is 11.5. The highest BCUT2D eigenvalue weighted by Crippen LogP contribution is 2.24. The maximum absolute atomic E-state index is 10.2. The highest BCUT2D eigenvalue weighted by Gasteiger charge is 2.33. The molecular weight excluding hydrogens is 415 g/mol. The van der Waals surface area contributed by atoms with Gasteiger partial charge in [0.15, 0.2) is 0 Å². The predicted molar refractivity (Wildman–Crippen MR) is 104 cm³/mol. The van der Waals surface area contributed by atoms with Crippen LogP contribution >= 0.6 is 22.6 Å². The summed E-state index contributed by atoms with van der Waals surface area (Å²) in [6, 6.07) is 14.5. The molecule has 128 valence electrons.